The number of rotatable bonds is 7. The fourth-order valence-corrected chi connectivity index (χ4v) is 8.31. The summed E-state index contributed by atoms with van der Waals surface area (Å²) < 4.78 is 43.8. The largest absolute Gasteiger partial charge is 0.493 e. The molecule has 0 aliphatic heterocycles. The number of halogens is 1. The summed E-state index contributed by atoms with van der Waals surface area (Å²) in [5.74, 6) is 1.97. The van der Waals surface area contributed by atoms with Crippen LogP contribution in [0.2, 0.25) is 0 Å². The van der Waals surface area contributed by atoms with Crippen LogP contribution in [0.25, 0.3) is 0 Å². The first-order valence-corrected chi connectivity index (χ1v) is 13.5. The van der Waals surface area contributed by atoms with Crippen LogP contribution in [0.15, 0.2) is 12.1 Å². The Balaban J connectivity index is 1.22. The predicted molar refractivity (Wildman–Crippen MR) is 116 cm³/mol. The van der Waals surface area contributed by atoms with Gasteiger partial charge in [-0.25, -0.2) is 13.4 Å². The minimum atomic E-state index is -3.21. The molecule has 1 aromatic rings. The number of carbonyl (C=O) groups is 1. The first kappa shape index (κ1) is 20.0. The number of hydrogen-bond acceptors (Lipinski definition) is 4. The Bertz CT molecular complexity index is 994. The van der Waals surface area contributed by atoms with Gasteiger partial charge in [0.1, 0.15) is 21.5 Å². The third-order valence-electron chi connectivity index (χ3n) is 8.30. The highest BCUT2D eigenvalue weighted by molar-refractivity contribution is 7.92. The Kier molecular flexibility index (Phi) is 4.47. The fourth-order valence-electron chi connectivity index (χ4n) is 6.96. The van der Waals surface area contributed by atoms with Crippen LogP contribution in [0, 0.1) is 33.8 Å². The number of benzene rings is 1. The minimum Gasteiger partial charge on any atom is -0.493 e. The molecule has 31 heavy (non-hydrogen) atoms. The molecule has 6 aliphatic carbocycles. The summed E-state index contributed by atoms with van der Waals surface area (Å²) in [6.07, 6.45) is 11.2. The van der Waals surface area contributed by atoms with Crippen molar-refractivity contribution >= 4 is 15.8 Å². The van der Waals surface area contributed by atoms with Crippen molar-refractivity contribution < 1.29 is 18.1 Å². The Morgan fingerprint density at radius 1 is 1.10 bits per heavy atom. The Morgan fingerprint density at radius 2 is 1.71 bits per heavy atom. The lowest BCUT2D eigenvalue weighted by atomic mass is 9.50. The second kappa shape index (κ2) is 6.93. The van der Waals surface area contributed by atoms with Crippen molar-refractivity contribution in [1.82, 2.24) is 4.72 Å². The monoisotopic (exact) mass is 446 g/mol. The molecule has 4 bridgehead atoms. The van der Waals surface area contributed by atoms with Gasteiger partial charge in [-0.1, -0.05) is 0 Å². The number of nitrogens with one attached hydrogen (secondary N) is 2. The zero-order valence-electron chi connectivity index (χ0n) is 17.8. The van der Waals surface area contributed by atoms with Gasteiger partial charge < -0.3 is 4.74 Å². The van der Waals surface area contributed by atoms with Crippen molar-refractivity contribution in [2.75, 3.05) is 6.61 Å². The first-order chi connectivity index (χ1) is 14.8. The summed E-state index contributed by atoms with van der Waals surface area (Å²) in [7, 11) is -3.21. The molecular weight excluding hydrogens is 415 g/mol. The van der Waals surface area contributed by atoms with Gasteiger partial charge in [0.05, 0.1) is 17.4 Å². The van der Waals surface area contributed by atoms with Crippen molar-refractivity contribution in [3.8, 4) is 5.75 Å². The lowest BCUT2D eigenvalue weighted by molar-refractivity contribution is -0.0747. The molecule has 1 atom stereocenters. The molecule has 5 nitrogen and oxygen atoms in total. The van der Waals surface area contributed by atoms with Crippen LogP contribution in [-0.2, 0) is 9.92 Å². The number of carbonyl (C=O) groups excluding carboxylic acids is 1. The van der Waals surface area contributed by atoms with Crippen LogP contribution in [0.1, 0.15) is 86.0 Å². The molecule has 7 rings (SSSR count). The Hall–Kier alpha value is -1.63. The zero-order valence-corrected chi connectivity index (χ0v) is 18.6. The molecule has 0 spiro atoms. The summed E-state index contributed by atoms with van der Waals surface area (Å²) in [6, 6.07) is 2.94. The van der Waals surface area contributed by atoms with E-state index < -0.39 is 21.6 Å². The van der Waals surface area contributed by atoms with Gasteiger partial charge in [0, 0.05) is 11.5 Å². The fraction of sp³-hybridized carbons (Fsp3) is 0.708. The second-order valence-corrected chi connectivity index (χ2v) is 13.2. The van der Waals surface area contributed by atoms with Gasteiger partial charge in [-0.3, -0.25) is 9.52 Å². The van der Waals surface area contributed by atoms with Crippen LogP contribution >= 0.6 is 0 Å². The molecule has 6 saturated carbocycles. The zero-order chi connectivity index (χ0) is 21.4. The van der Waals surface area contributed by atoms with Crippen LogP contribution < -0.4 is 9.46 Å². The van der Waals surface area contributed by atoms with Gasteiger partial charge in [0.15, 0.2) is 0 Å². The predicted octanol–water partition coefficient (Wildman–Crippen LogP) is 5.15. The van der Waals surface area contributed by atoms with E-state index in [1.807, 2.05) is 0 Å². The third kappa shape index (κ3) is 3.77. The molecule has 2 N–H and O–H groups in total. The SMILES string of the molecule is N=S(=O)(NC(=O)c1cc(C2CC2)c(OCC23CC4CC(CC(C4)C2)C3)cc1F)C1CC1. The van der Waals surface area contributed by atoms with E-state index in [-0.39, 0.29) is 16.2 Å². The Morgan fingerprint density at radius 3 is 2.26 bits per heavy atom. The summed E-state index contributed by atoms with van der Waals surface area (Å²) in [5, 5.41) is -0.301. The van der Waals surface area contributed by atoms with E-state index in [9.17, 15) is 13.4 Å². The molecule has 168 valence electrons. The normalized spacial score (nSPS) is 35.6. The van der Waals surface area contributed by atoms with Gasteiger partial charge in [-0.15, -0.1) is 0 Å². The molecule has 0 radical (unpaired) electrons. The molecule has 0 aromatic heterocycles. The smallest absolute Gasteiger partial charge is 0.266 e. The van der Waals surface area contributed by atoms with Crippen molar-refractivity contribution in [1.29, 1.82) is 4.78 Å². The second-order valence-electron chi connectivity index (χ2n) is 11.1. The number of ether oxygens (including phenoxy) is 1. The summed E-state index contributed by atoms with van der Waals surface area (Å²) in [5.41, 5.74) is 1.01. The minimum absolute atomic E-state index is 0.121. The highest BCUT2D eigenvalue weighted by Crippen LogP contribution is 2.60. The number of amides is 1. The van der Waals surface area contributed by atoms with Gasteiger partial charge >= 0.3 is 0 Å². The van der Waals surface area contributed by atoms with Crippen LogP contribution in [0.5, 0.6) is 5.75 Å². The molecule has 1 amide bonds. The van der Waals surface area contributed by atoms with E-state index in [1.54, 1.807) is 6.07 Å². The van der Waals surface area contributed by atoms with Crippen molar-refractivity contribution in [3.63, 3.8) is 0 Å². The third-order valence-corrected chi connectivity index (χ3v) is 10.2. The summed E-state index contributed by atoms with van der Waals surface area (Å²) in [6.45, 7) is 0.642. The van der Waals surface area contributed by atoms with Gasteiger partial charge in [-0.2, -0.15) is 0 Å². The van der Waals surface area contributed by atoms with Gasteiger partial charge in [-0.05, 0) is 99.5 Å². The van der Waals surface area contributed by atoms with Crippen LogP contribution in [0.3, 0.4) is 0 Å². The molecular formula is C24H31FN2O3S. The molecule has 1 aromatic carbocycles. The maximum absolute atomic E-state index is 14.9. The van der Waals surface area contributed by atoms with Crippen LogP contribution in [-0.4, -0.2) is 22.0 Å². The van der Waals surface area contributed by atoms with Crippen molar-refractivity contribution in [3.05, 3.63) is 29.1 Å². The molecule has 1 unspecified atom stereocenters. The number of hydrogen-bond donors (Lipinski definition) is 2. The Labute approximate surface area is 183 Å². The highest BCUT2D eigenvalue weighted by atomic mass is 32.2. The summed E-state index contributed by atoms with van der Waals surface area (Å²) in [4.78, 5) is 12.6. The lowest BCUT2D eigenvalue weighted by Gasteiger charge is -2.56. The van der Waals surface area contributed by atoms with E-state index in [4.69, 9.17) is 9.52 Å². The van der Waals surface area contributed by atoms with E-state index >= 15 is 0 Å². The maximum Gasteiger partial charge on any atom is 0.266 e. The molecule has 0 saturated heterocycles. The highest BCUT2D eigenvalue weighted by Gasteiger charge is 2.51. The van der Waals surface area contributed by atoms with Crippen LogP contribution in [0.4, 0.5) is 4.39 Å². The van der Waals surface area contributed by atoms with E-state index in [0.717, 1.165) is 36.2 Å². The average Bonchev–Trinajstić information content (AvgIpc) is 3.58. The lowest BCUT2D eigenvalue weighted by Crippen LogP contribution is -2.48. The molecule has 0 heterocycles. The van der Waals surface area contributed by atoms with Gasteiger partial charge in [0.2, 0.25) is 0 Å². The quantitative estimate of drug-likeness (QED) is 0.608. The van der Waals surface area contributed by atoms with Crippen molar-refractivity contribution in [2.24, 2.45) is 23.2 Å². The molecule has 6 aliphatic rings. The summed E-state index contributed by atoms with van der Waals surface area (Å²) >= 11 is 0. The van der Waals surface area contributed by atoms with E-state index in [1.165, 1.54) is 44.6 Å². The molecule has 7 heteroatoms. The first-order valence-electron chi connectivity index (χ1n) is 11.9. The average molecular weight is 447 g/mol. The topological polar surface area (TPSA) is 79.3 Å². The van der Waals surface area contributed by atoms with Crippen molar-refractivity contribution in [2.45, 2.75) is 75.4 Å². The van der Waals surface area contributed by atoms with Gasteiger partial charge in [0.25, 0.3) is 5.91 Å². The maximum atomic E-state index is 14.9. The van der Waals surface area contributed by atoms with E-state index in [2.05, 4.69) is 4.72 Å². The standard InChI is InChI=1S/C24H31FN2O3S/c25-21-9-22(30-13-24-10-14-5-15(11-24)7-16(6-14)12-24)19(17-1-2-17)8-20(21)23(28)27-31(26,29)18-3-4-18/h8-9,14-18H,1-7,10-13H2,(H2,26,27,28,29). The molecule has 6 fully saturated rings. The van der Waals surface area contributed by atoms with E-state index in [0.29, 0.717) is 31.1 Å².